The van der Waals surface area contributed by atoms with Crippen LogP contribution in [0.1, 0.15) is 60.9 Å². The summed E-state index contributed by atoms with van der Waals surface area (Å²) >= 11 is 0. The lowest BCUT2D eigenvalue weighted by atomic mass is 9.68. The Balaban J connectivity index is 1.38. The van der Waals surface area contributed by atoms with E-state index in [-0.39, 0.29) is 5.56 Å². The van der Waals surface area contributed by atoms with Crippen molar-refractivity contribution >= 4 is 23.6 Å². The summed E-state index contributed by atoms with van der Waals surface area (Å²) in [5.74, 6) is -0.932. The molecule has 1 saturated carbocycles. The van der Waals surface area contributed by atoms with Gasteiger partial charge in [-0.05, 0) is 67.0 Å². The molecular weight excluding hydrogens is 348 g/mol. The number of carbonyl (C=O) groups is 1. The molecule has 0 atom stereocenters. The largest absolute Gasteiger partial charge is 0.478 e. The number of aliphatic imine (C=N–C) groups is 1. The quantitative estimate of drug-likeness (QED) is 0.698. The lowest BCUT2D eigenvalue weighted by Crippen LogP contribution is -2.41. The molecule has 2 fully saturated rings. The number of hydrogen-bond acceptors (Lipinski definition) is 3. The summed E-state index contributed by atoms with van der Waals surface area (Å²) in [5.41, 5.74) is 3.84. The van der Waals surface area contributed by atoms with E-state index in [2.05, 4.69) is 34.2 Å². The minimum absolute atomic E-state index is 0.255. The van der Waals surface area contributed by atoms with Gasteiger partial charge in [0.1, 0.15) is 0 Å². The van der Waals surface area contributed by atoms with Crippen molar-refractivity contribution < 1.29 is 9.90 Å². The maximum absolute atomic E-state index is 11.1. The molecule has 2 aromatic carbocycles. The third-order valence-corrected chi connectivity index (χ3v) is 6.45. The second kappa shape index (κ2) is 8.17. The van der Waals surface area contributed by atoms with E-state index in [0.29, 0.717) is 11.1 Å². The molecule has 4 rings (SSSR count). The van der Waals surface area contributed by atoms with Crippen LogP contribution in [0.25, 0.3) is 0 Å². The van der Waals surface area contributed by atoms with Gasteiger partial charge >= 0.3 is 5.97 Å². The van der Waals surface area contributed by atoms with Crippen LogP contribution < -0.4 is 4.90 Å². The van der Waals surface area contributed by atoms with Gasteiger partial charge in [-0.2, -0.15) is 0 Å². The van der Waals surface area contributed by atoms with Crippen LogP contribution in [0.4, 0.5) is 11.4 Å². The Kier molecular flexibility index (Phi) is 5.47. The van der Waals surface area contributed by atoms with E-state index in [1.165, 1.54) is 50.6 Å². The molecule has 1 heterocycles. The van der Waals surface area contributed by atoms with Crippen LogP contribution in [0.5, 0.6) is 0 Å². The molecule has 0 aromatic heterocycles. The van der Waals surface area contributed by atoms with E-state index in [1.807, 2.05) is 6.07 Å². The van der Waals surface area contributed by atoms with Crippen LogP contribution in [0.2, 0.25) is 0 Å². The third-order valence-electron chi connectivity index (χ3n) is 6.45. The van der Waals surface area contributed by atoms with Gasteiger partial charge in [-0.3, -0.25) is 4.99 Å². The summed E-state index contributed by atoms with van der Waals surface area (Å²) in [6.07, 6.45) is 11.6. The molecule has 1 N–H and O–H groups in total. The Morgan fingerprint density at radius 1 is 0.964 bits per heavy atom. The van der Waals surface area contributed by atoms with Gasteiger partial charge in [-0.1, -0.05) is 37.5 Å². The normalized spacial score (nSPS) is 19.2. The summed E-state index contributed by atoms with van der Waals surface area (Å²) in [7, 11) is 0. The number of hydrogen-bond donors (Lipinski definition) is 1. The maximum atomic E-state index is 11.1. The van der Waals surface area contributed by atoms with Crippen molar-refractivity contribution in [3.05, 3.63) is 59.7 Å². The number of benzene rings is 2. The van der Waals surface area contributed by atoms with Gasteiger partial charge in [0.05, 0.1) is 11.3 Å². The fraction of sp³-hybridized carbons (Fsp3) is 0.417. The first kappa shape index (κ1) is 18.7. The van der Waals surface area contributed by atoms with Crippen molar-refractivity contribution in [1.29, 1.82) is 0 Å². The predicted molar refractivity (Wildman–Crippen MR) is 114 cm³/mol. The summed E-state index contributed by atoms with van der Waals surface area (Å²) in [6, 6.07) is 15.2. The van der Waals surface area contributed by atoms with Crippen LogP contribution in [-0.4, -0.2) is 30.4 Å². The first-order valence-electron chi connectivity index (χ1n) is 10.4. The average molecular weight is 377 g/mol. The summed E-state index contributed by atoms with van der Waals surface area (Å²) in [5, 5.41) is 9.07. The first-order valence-corrected chi connectivity index (χ1v) is 10.4. The average Bonchev–Trinajstić information content (AvgIpc) is 2.74. The Morgan fingerprint density at radius 2 is 1.68 bits per heavy atom. The van der Waals surface area contributed by atoms with Crippen molar-refractivity contribution in [3.63, 3.8) is 0 Å². The van der Waals surface area contributed by atoms with E-state index in [0.717, 1.165) is 18.7 Å². The number of piperidine rings is 1. The fourth-order valence-corrected chi connectivity index (χ4v) is 4.68. The molecule has 2 aromatic rings. The summed E-state index contributed by atoms with van der Waals surface area (Å²) in [6.45, 7) is 2.32. The Bertz CT molecular complexity index is 841. The SMILES string of the molecule is O=C(O)c1cccc(N=Cc2ccc(N3CCC4(CCCCC4)CC3)cc2)c1. The van der Waals surface area contributed by atoms with Crippen molar-refractivity contribution in [2.45, 2.75) is 44.9 Å². The van der Waals surface area contributed by atoms with Crippen LogP contribution in [0.15, 0.2) is 53.5 Å². The van der Waals surface area contributed by atoms with Gasteiger partial charge in [-0.25, -0.2) is 4.79 Å². The van der Waals surface area contributed by atoms with Crippen LogP contribution in [-0.2, 0) is 0 Å². The highest BCUT2D eigenvalue weighted by Gasteiger charge is 2.35. The first-order chi connectivity index (χ1) is 13.6. The van der Waals surface area contributed by atoms with Crippen LogP contribution in [0.3, 0.4) is 0 Å². The zero-order chi connectivity index (χ0) is 19.4. The second-order valence-electron chi connectivity index (χ2n) is 8.25. The van der Waals surface area contributed by atoms with E-state index in [9.17, 15) is 4.79 Å². The van der Waals surface area contributed by atoms with Crippen molar-refractivity contribution in [2.75, 3.05) is 18.0 Å². The fourth-order valence-electron chi connectivity index (χ4n) is 4.68. The summed E-state index contributed by atoms with van der Waals surface area (Å²) < 4.78 is 0. The molecule has 0 unspecified atom stereocenters. The lowest BCUT2D eigenvalue weighted by molar-refractivity contribution is 0.0697. The molecule has 4 nitrogen and oxygen atoms in total. The van der Waals surface area contributed by atoms with E-state index >= 15 is 0 Å². The molecule has 1 aliphatic heterocycles. The number of nitrogens with zero attached hydrogens (tertiary/aromatic N) is 2. The van der Waals surface area contributed by atoms with E-state index in [4.69, 9.17) is 5.11 Å². The van der Waals surface area contributed by atoms with Crippen LogP contribution >= 0.6 is 0 Å². The number of anilines is 1. The van der Waals surface area contributed by atoms with Gasteiger partial charge in [0, 0.05) is 25.0 Å². The Hall–Kier alpha value is -2.62. The molecule has 1 spiro atoms. The Labute approximate surface area is 166 Å². The molecule has 0 bridgehead atoms. The lowest BCUT2D eigenvalue weighted by Gasteiger charge is -2.45. The molecule has 1 saturated heterocycles. The standard InChI is InChI=1S/C24H28N2O2/c27-23(28)20-5-4-6-21(17-20)25-18-19-7-9-22(10-8-19)26-15-13-24(14-16-26)11-2-1-3-12-24/h4-10,17-18H,1-3,11-16H2,(H,27,28). The number of rotatable bonds is 4. The number of carboxylic acid groups (broad SMARTS) is 1. The zero-order valence-corrected chi connectivity index (χ0v) is 16.3. The van der Waals surface area contributed by atoms with E-state index < -0.39 is 5.97 Å². The van der Waals surface area contributed by atoms with Gasteiger partial charge in [0.2, 0.25) is 0 Å². The van der Waals surface area contributed by atoms with E-state index in [1.54, 1.807) is 24.4 Å². The molecule has 28 heavy (non-hydrogen) atoms. The summed E-state index contributed by atoms with van der Waals surface area (Å²) in [4.78, 5) is 18.0. The maximum Gasteiger partial charge on any atom is 0.335 e. The van der Waals surface area contributed by atoms with Crippen molar-refractivity contribution in [1.82, 2.24) is 0 Å². The Morgan fingerprint density at radius 3 is 2.36 bits per heavy atom. The number of carboxylic acids is 1. The van der Waals surface area contributed by atoms with Gasteiger partial charge < -0.3 is 10.0 Å². The second-order valence-corrected chi connectivity index (χ2v) is 8.25. The highest BCUT2D eigenvalue weighted by molar-refractivity contribution is 5.89. The zero-order valence-electron chi connectivity index (χ0n) is 16.3. The third kappa shape index (κ3) is 4.27. The minimum Gasteiger partial charge on any atom is -0.478 e. The van der Waals surface area contributed by atoms with Gasteiger partial charge in [0.15, 0.2) is 0 Å². The number of aromatic carboxylic acids is 1. The van der Waals surface area contributed by atoms with Gasteiger partial charge in [-0.15, -0.1) is 0 Å². The smallest absolute Gasteiger partial charge is 0.335 e. The molecule has 0 radical (unpaired) electrons. The molecular formula is C24H28N2O2. The molecule has 4 heteroatoms. The van der Waals surface area contributed by atoms with Crippen molar-refractivity contribution in [3.8, 4) is 0 Å². The topological polar surface area (TPSA) is 52.9 Å². The molecule has 146 valence electrons. The molecule has 2 aliphatic rings. The van der Waals surface area contributed by atoms with Crippen molar-refractivity contribution in [2.24, 2.45) is 10.4 Å². The minimum atomic E-state index is -0.932. The monoisotopic (exact) mass is 376 g/mol. The highest BCUT2D eigenvalue weighted by atomic mass is 16.4. The highest BCUT2D eigenvalue weighted by Crippen LogP contribution is 2.45. The predicted octanol–water partition coefficient (Wildman–Crippen LogP) is 5.69. The van der Waals surface area contributed by atoms with Gasteiger partial charge in [0.25, 0.3) is 0 Å². The molecule has 0 amide bonds. The van der Waals surface area contributed by atoms with Crippen LogP contribution in [0, 0.1) is 5.41 Å². The molecule has 1 aliphatic carbocycles.